The number of carbonyl (C=O) groups is 2. The summed E-state index contributed by atoms with van der Waals surface area (Å²) in [5.74, 6) is 2.66. The number of fused-ring (bicyclic) bond motifs is 1. The zero-order valence-electron chi connectivity index (χ0n) is 16.2. The Morgan fingerprint density at radius 2 is 1.70 bits per heavy atom. The number of rotatable bonds is 3. The van der Waals surface area contributed by atoms with Gasteiger partial charge in [-0.05, 0) is 73.8 Å². The highest BCUT2D eigenvalue weighted by Crippen LogP contribution is 2.55. The van der Waals surface area contributed by atoms with E-state index in [1.807, 2.05) is 11.0 Å². The first-order valence-electron chi connectivity index (χ1n) is 10.7. The van der Waals surface area contributed by atoms with Gasteiger partial charge in [0.05, 0.1) is 12.5 Å². The third-order valence-corrected chi connectivity index (χ3v) is 7.64. The highest BCUT2D eigenvalue weighted by atomic mass is 16.2. The summed E-state index contributed by atoms with van der Waals surface area (Å²) in [6.07, 6.45) is 8.91. The molecule has 2 amide bonds. The molecule has 4 saturated carbocycles. The van der Waals surface area contributed by atoms with Gasteiger partial charge in [-0.1, -0.05) is 24.3 Å². The maximum absolute atomic E-state index is 13.1. The lowest BCUT2D eigenvalue weighted by Gasteiger charge is -2.57. The molecule has 4 nitrogen and oxygen atoms in total. The predicted octanol–water partition coefficient (Wildman–Crippen LogP) is 3.61. The zero-order chi connectivity index (χ0) is 18.6. The molecule has 4 aliphatic carbocycles. The first-order chi connectivity index (χ1) is 13.0. The fourth-order valence-electron chi connectivity index (χ4n) is 7.03. The summed E-state index contributed by atoms with van der Waals surface area (Å²) < 4.78 is 0. The molecule has 4 heteroatoms. The van der Waals surface area contributed by atoms with Crippen LogP contribution in [0.3, 0.4) is 0 Å². The second-order valence-corrected chi connectivity index (χ2v) is 9.63. The van der Waals surface area contributed by atoms with E-state index in [0.717, 1.165) is 29.7 Å². The SMILES string of the molecule is CC(=O)N1CCc2ccccc2[C@H]1CC(=O)NC12CC3CC(CC(C3)C1)C2. The minimum absolute atomic E-state index is 0.0427. The van der Waals surface area contributed by atoms with E-state index in [1.54, 1.807) is 6.92 Å². The van der Waals surface area contributed by atoms with Crippen molar-refractivity contribution in [2.45, 2.75) is 69.9 Å². The number of amides is 2. The topological polar surface area (TPSA) is 49.4 Å². The summed E-state index contributed by atoms with van der Waals surface area (Å²) in [4.78, 5) is 27.2. The van der Waals surface area contributed by atoms with Gasteiger partial charge < -0.3 is 10.2 Å². The van der Waals surface area contributed by atoms with E-state index < -0.39 is 0 Å². The summed E-state index contributed by atoms with van der Waals surface area (Å²) in [5, 5.41) is 3.49. The molecule has 1 heterocycles. The van der Waals surface area contributed by atoms with Crippen LogP contribution in [-0.2, 0) is 16.0 Å². The van der Waals surface area contributed by atoms with Crippen LogP contribution < -0.4 is 5.32 Å². The molecule has 4 fully saturated rings. The second-order valence-electron chi connectivity index (χ2n) is 9.63. The minimum atomic E-state index is -0.124. The van der Waals surface area contributed by atoms with Crippen molar-refractivity contribution in [3.63, 3.8) is 0 Å². The molecule has 0 spiro atoms. The van der Waals surface area contributed by atoms with Crippen molar-refractivity contribution in [3.8, 4) is 0 Å². The quantitative estimate of drug-likeness (QED) is 0.888. The molecular weight excluding hydrogens is 336 g/mol. The van der Waals surface area contributed by atoms with Crippen LogP contribution in [0.5, 0.6) is 0 Å². The van der Waals surface area contributed by atoms with Crippen molar-refractivity contribution in [1.29, 1.82) is 0 Å². The summed E-state index contributed by atoms with van der Waals surface area (Å²) in [7, 11) is 0. The van der Waals surface area contributed by atoms with E-state index in [2.05, 4.69) is 23.5 Å². The van der Waals surface area contributed by atoms with Crippen molar-refractivity contribution in [2.75, 3.05) is 6.54 Å². The smallest absolute Gasteiger partial charge is 0.222 e. The van der Waals surface area contributed by atoms with Gasteiger partial charge in [0.2, 0.25) is 11.8 Å². The highest BCUT2D eigenvalue weighted by Gasteiger charge is 2.51. The second kappa shape index (κ2) is 6.35. The molecule has 0 unspecified atom stereocenters. The van der Waals surface area contributed by atoms with Crippen molar-refractivity contribution in [1.82, 2.24) is 10.2 Å². The first kappa shape index (κ1) is 17.3. The van der Waals surface area contributed by atoms with Crippen LogP contribution in [0.2, 0.25) is 0 Å². The minimum Gasteiger partial charge on any atom is -0.351 e. The summed E-state index contributed by atoms with van der Waals surface area (Å²) in [5.41, 5.74) is 2.48. The third-order valence-electron chi connectivity index (χ3n) is 7.64. The van der Waals surface area contributed by atoms with Crippen LogP contribution in [0.15, 0.2) is 24.3 Å². The Balaban J connectivity index is 1.34. The van der Waals surface area contributed by atoms with Crippen LogP contribution in [0, 0.1) is 17.8 Å². The van der Waals surface area contributed by atoms with Crippen LogP contribution in [-0.4, -0.2) is 28.8 Å². The van der Waals surface area contributed by atoms with Crippen LogP contribution in [0.1, 0.15) is 69.0 Å². The first-order valence-corrected chi connectivity index (χ1v) is 10.7. The molecule has 1 aliphatic heterocycles. The van der Waals surface area contributed by atoms with Crippen LogP contribution in [0.25, 0.3) is 0 Å². The molecular formula is C23H30N2O2. The van der Waals surface area contributed by atoms with Crippen molar-refractivity contribution in [3.05, 3.63) is 35.4 Å². The number of benzene rings is 1. The fraction of sp³-hybridized carbons (Fsp3) is 0.652. The molecule has 5 aliphatic rings. The molecule has 1 aromatic rings. The Kier molecular flexibility index (Phi) is 4.06. The van der Waals surface area contributed by atoms with Gasteiger partial charge in [-0.15, -0.1) is 0 Å². The fourth-order valence-corrected chi connectivity index (χ4v) is 7.03. The number of carbonyl (C=O) groups excluding carboxylic acids is 2. The summed E-state index contributed by atoms with van der Waals surface area (Å²) >= 11 is 0. The molecule has 1 N–H and O–H groups in total. The lowest BCUT2D eigenvalue weighted by atomic mass is 9.53. The summed E-state index contributed by atoms with van der Waals surface area (Å²) in [6, 6.07) is 8.17. The molecule has 0 radical (unpaired) electrons. The maximum atomic E-state index is 13.1. The molecule has 6 rings (SSSR count). The summed E-state index contributed by atoms with van der Waals surface area (Å²) in [6.45, 7) is 2.33. The Morgan fingerprint density at radius 1 is 1.07 bits per heavy atom. The largest absolute Gasteiger partial charge is 0.351 e. The molecule has 144 valence electrons. The van der Waals surface area contributed by atoms with E-state index in [1.165, 1.54) is 44.1 Å². The van der Waals surface area contributed by atoms with E-state index in [4.69, 9.17) is 0 Å². The predicted molar refractivity (Wildman–Crippen MR) is 104 cm³/mol. The maximum Gasteiger partial charge on any atom is 0.222 e. The Bertz CT molecular complexity index is 736. The molecule has 1 aromatic carbocycles. The average Bonchev–Trinajstić information content (AvgIpc) is 2.60. The number of nitrogens with zero attached hydrogens (tertiary/aromatic N) is 1. The molecule has 0 saturated heterocycles. The lowest BCUT2D eigenvalue weighted by molar-refractivity contribution is -0.134. The van der Waals surface area contributed by atoms with Crippen molar-refractivity contribution in [2.24, 2.45) is 17.8 Å². The van der Waals surface area contributed by atoms with Crippen LogP contribution >= 0.6 is 0 Å². The molecule has 1 atom stereocenters. The van der Waals surface area contributed by atoms with Gasteiger partial charge in [0.15, 0.2) is 0 Å². The van der Waals surface area contributed by atoms with E-state index in [9.17, 15) is 9.59 Å². The van der Waals surface area contributed by atoms with Gasteiger partial charge >= 0.3 is 0 Å². The zero-order valence-corrected chi connectivity index (χ0v) is 16.2. The third kappa shape index (κ3) is 3.07. The van der Waals surface area contributed by atoms with E-state index in [-0.39, 0.29) is 23.4 Å². The number of nitrogens with one attached hydrogen (secondary N) is 1. The van der Waals surface area contributed by atoms with Crippen molar-refractivity contribution < 1.29 is 9.59 Å². The van der Waals surface area contributed by atoms with Crippen LogP contribution in [0.4, 0.5) is 0 Å². The molecule has 0 aromatic heterocycles. The number of hydrogen-bond acceptors (Lipinski definition) is 2. The molecule has 27 heavy (non-hydrogen) atoms. The van der Waals surface area contributed by atoms with Gasteiger partial charge in [0.1, 0.15) is 0 Å². The number of hydrogen-bond donors (Lipinski definition) is 1. The van der Waals surface area contributed by atoms with Gasteiger partial charge in [0, 0.05) is 19.0 Å². The standard InChI is InChI=1S/C23H30N2O2/c1-15(26)25-7-6-19-4-2-3-5-20(19)21(25)11-22(27)24-23-12-16-8-17(13-23)10-18(9-16)14-23/h2-5,16-18,21H,6-14H2,1H3,(H,24,27)/t16?,17?,18?,21-,23?/m1/s1. The Hall–Kier alpha value is -1.84. The molecule has 4 bridgehead atoms. The van der Waals surface area contributed by atoms with Gasteiger partial charge in [-0.3, -0.25) is 9.59 Å². The highest BCUT2D eigenvalue weighted by molar-refractivity contribution is 5.80. The Morgan fingerprint density at radius 3 is 2.33 bits per heavy atom. The Labute approximate surface area is 161 Å². The van der Waals surface area contributed by atoms with Crippen molar-refractivity contribution >= 4 is 11.8 Å². The van der Waals surface area contributed by atoms with E-state index >= 15 is 0 Å². The van der Waals surface area contributed by atoms with Gasteiger partial charge in [-0.2, -0.15) is 0 Å². The average molecular weight is 367 g/mol. The monoisotopic (exact) mass is 366 g/mol. The van der Waals surface area contributed by atoms with Gasteiger partial charge in [0.25, 0.3) is 0 Å². The normalized spacial score (nSPS) is 36.4. The lowest BCUT2D eigenvalue weighted by Crippen LogP contribution is -2.60. The van der Waals surface area contributed by atoms with Gasteiger partial charge in [-0.25, -0.2) is 0 Å². The van der Waals surface area contributed by atoms with E-state index in [0.29, 0.717) is 13.0 Å².